The number of para-hydroxylation sites is 1. The molecule has 3 aromatic rings. The number of aromatic hydroxyl groups is 1. The summed E-state index contributed by atoms with van der Waals surface area (Å²) in [6.45, 7) is 4.06. The van der Waals surface area contributed by atoms with Crippen molar-refractivity contribution in [3.05, 3.63) is 54.7 Å². The number of likely N-dealkylation sites (tertiary alicyclic amines) is 1. The van der Waals surface area contributed by atoms with Gasteiger partial charge in [-0.05, 0) is 37.4 Å². The molecule has 0 radical (unpaired) electrons. The highest BCUT2D eigenvalue weighted by Crippen LogP contribution is 2.24. The number of rotatable bonds is 4. The second kappa shape index (κ2) is 6.61. The van der Waals surface area contributed by atoms with Gasteiger partial charge in [-0.2, -0.15) is 0 Å². The highest BCUT2D eigenvalue weighted by Gasteiger charge is 2.20. The lowest BCUT2D eigenvalue weighted by atomic mass is 9.97. The predicted octanol–water partition coefficient (Wildman–Crippen LogP) is 3.05. The normalized spacial score (nSPS) is 18.9. The van der Waals surface area contributed by atoms with Crippen molar-refractivity contribution in [2.75, 3.05) is 13.1 Å². The van der Waals surface area contributed by atoms with Crippen LogP contribution < -0.4 is 0 Å². The van der Waals surface area contributed by atoms with Gasteiger partial charge in [0.1, 0.15) is 11.3 Å². The standard InChI is InChI=1S/C19H22N4O/c24-18-5-1-4-16-6-7-17(21-19(16)18)13-22-9-2-3-15(11-22)12-23-10-8-20-14-23/h1,4-8,10,14-15,24H,2-3,9,11-13H2. The molecule has 1 saturated heterocycles. The summed E-state index contributed by atoms with van der Waals surface area (Å²) in [6.07, 6.45) is 8.25. The molecule has 1 fully saturated rings. The molecule has 1 aliphatic heterocycles. The van der Waals surface area contributed by atoms with Gasteiger partial charge in [-0.3, -0.25) is 4.90 Å². The Bertz CT molecular complexity index is 815. The van der Waals surface area contributed by atoms with Crippen LogP contribution in [0.4, 0.5) is 0 Å². The Labute approximate surface area is 141 Å². The van der Waals surface area contributed by atoms with Gasteiger partial charge in [0, 0.05) is 37.4 Å². The number of aromatic nitrogens is 3. The van der Waals surface area contributed by atoms with Gasteiger partial charge in [0.2, 0.25) is 0 Å². The van der Waals surface area contributed by atoms with Crippen LogP contribution >= 0.6 is 0 Å². The van der Waals surface area contributed by atoms with E-state index in [0.29, 0.717) is 11.4 Å². The predicted molar refractivity (Wildman–Crippen MR) is 93.6 cm³/mol. The number of piperidine rings is 1. The Morgan fingerprint density at radius 2 is 2.17 bits per heavy atom. The molecule has 5 heteroatoms. The van der Waals surface area contributed by atoms with E-state index in [1.807, 2.05) is 36.9 Å². The summed E-state index contributed by atoms with van der Waals surface area (Å²) in [4.78, 5) is 11.3. The summed E-state index contributed by atoms with van der Waals surface area (Å²) in [6, 6.07) is 9.64. The smallest absolute Gasteiger partial charge is 0.141 e. The number of hydrogen-bond donors (Lipinski definition) is 1. The van der Waals surface area contributed by atoms with Crippen LogP contribution in [-0.4, -0.2) is 37.6 Å². The maximum atomic E-state index is 10.0. The number of hydrogen-bond acceptors (Lipinski definition) is 4. The molecule has 24 heavy (non-hydrogen) atoms. The Balaban J connectivity index is 1.45. The highest BCUT2D eigenvalue weighted by molar-refractivity contribution is 5.84. The number of pyridine rings is 1. The van der Waals surface area contributed by atoms with Crippen molar-refractivity contribution in [2.24, 2.45) is 5.92 Å². The van der Waals surface area contributed by atoms with E-state index in [1.54, 1.807) is 6.07 Å². The van der Waals surface area contributed by atoms with Crippen LogP contribution in [0.3, 0.4) is 0 Å². The van der Waals surface area contributed by atoms with E-state index in [4.69, 9.17) is 0 Å². The summed E-state index contributed by atoms with van der Waals surface area (Å²) in [5, 5.41) is 11.0. The average Bonchev–Trinajstić information content (AvgIpc) is 3.09. The molecule has 1 unspecified atom stereocenters. The van der Waals surface area contributed by atoms with Crippen molar-refractivity contribution < 1.29 is 5.11 Å². The van der Waals surface area contributed by atoms with Crippen LogP contribution in [-0.2, 0) is 13.1 Å². The highest BCUT2D eigenvalue weighted by atomic mass is 16.3. The second-order valence-electron chi connectivity index (χ2n) is 6.65. The molecular formula is C19H22N4O. The summed E-state index contributed by atoms with van der Waals surface area (Å²) in [5.41, 5.74) is 1.72. The summed E-state index contributed by atoms with van der Waals surface area (Å²) in [7, 11) is 0. The van der Waals surface area contributed by atoms with Crippen molar-refractivity contribution in [3.63, 3.8) is 0 Å². The first-order valence-electron chi connectivity index (χ1n) is 8.53. The fraction of sp³-hybridized carbons (Fsp3) is 0.368. The molecule has 4 rings (SSSR count). The van der Waals surface area contributed by atoms with Crippen LogP contribution in [0, 0.1) is 5.92 Å². The monoisotopic (exact) mass is 322 g/mol. The van der Waals surface area contributed by atoms with Crippen molar-refractivity contribution in [1.82, 2.24) is 19.4 Å². The first kappa shape index (κ1) is 15.1. The van der Waals surface area contributed by atoms with Crippen LogP contribution in [0.25, 0.3) is 10.9 Å². The molecule has 3 heterocycles. The van der Waals surface area contributed by atoms with Crippen LogP contribution in [0.15, 0.2) is 49.1 Å². The van der Waals surface area contributed by atoms with Gasteiger partial charge < -0.3 is 9.67 Å². The van der Waals surface area contributed by atoms with E-state index in [-0.39, 0.29) is 5.75 Å². The molecule has 1 aromatic carbocycles. The largest absolute Gasteiger partial charge is 0.506 e. The molecule has 0 saturated carbocycles. The van der Waals surface area contributed by atoms with Gasteiger partial charge >= 0.3 is 0 Å². The van der Waals surface area contributed by atoms with Gasteiger partial charge in [0.05, 0.1) is 12.0 Å². The lowest BCUT2D eigenvalue weighted by Gasteiger charge is -2.32. The van der Waals surface area contributed by atoms with E-state index in [9.17, 15) is 5.11 Å². The average molecular weight is 322 g/mol. The minimum Gasteiger partial charge on any atom is -0.506 e. The molecule has 124 valence electrons. The third kappa shape index (κ3) is 3.26. The zero-order chi connectivity index (χ0) is 16.4. The minimum absolute atomic E-state index is 0.256. The number of benzene rings is 1. The topological polar surface area (TPSA) is 54.2 Å². The van der Waals surface area contributed by atoms with Gasteiger partial charge in [-0.15, -0.1) is 0 Å². The SMILES string of the molecule is Oc1cccc2ccc(CN3CCCC(Cn4ccnc4)C3)nc12. The molecular weight excluding hydrogens is 300 g/mol. The molecule has 2 aromatic heterocycles. The summed E-state index contributed by atoms with van der Waals surface area (Å²) in [5.74, 6) is 0.910. The Morgan fingerprint density at radius 3 is 3.04 bits per heavy atom. The van der Waals surface area contributed by atoms with E-state index in [1.165, 1.54) is 12.8 Å². The molecule has 1 atom stereocenters. The number of nitrogens with zero attached hydrogens (tertiary/aromatic N) is 4. The molecule has 0 bridgehead atoms. The van der Waals surface area contributed by atoms with Crippen LogP contribution in [0.1, 0.15) is 18.5 Å². The van der Waals surface area contributed by atoms with Crippen molar-refractivity contribution in [1.29, 1.82) is 0 Å². The Hall–Kier alpha value is -2.40. The molecule has 0 spiro atoms. The molecule has 5 nitrogen and oxygen atoms in total. The number of fused-ring (bicyclic) bond motifs is 1. The number of phenols is 1. The number of imidazole rings is 1. The van der Waals surface area contributed by atoms with Crippen molar-refractivity contribution >= 4 is 10.9 Å². The third-order valence-corrected chi connectivity index (χ3v) is 4.77. The maximum absolute atomic E-state index is 10.0. The minimum atomic E-state index is 0.256. The zero-order valence-electron chi connectivity index (χ0n) is 13.7. The third-order valence-electron chi connectivity index (χ3n) is 4.77. The van der Waals surface area contributed by atoms with E-state index >= 15 is 0 Å². The second-order valence-corrected chi connectivity index (χ2v) is 6.65. The Kier molecular flexibility index (Phi) is 4.17. The fourth-order valence-corrected chi connectivity index (χ4v) is 3.63. The first-order valence-corrected chi connectivity index (χ1v) is 8.53. The Morgan fingerprint density at radius 1 is 1.21 bits per heavy atom. The van der Waals surface area contributed by atoms with Crippen LogP contribution in [0.5, 0.6) is 5.75 Å². The van der Waals surface area contributed by atoms with E-state index in [0.717, 1.165) is 37.3 Å². The number of phenolic OH excluding ortho intramolecular Hbond substituents is 1. The van der Waals surface area contributed by atoms with Gasteiger partial charge in [-0.25, -0.2) is 9.97 Å². The molecule has 1 aliphatic rings. The molecule has 1 N–H and O–H groups in total. The van der Waals surface area contributed by atoms with E-state index in [2.05, 4.69) is 25.5 Å². The summed E-state index contributed by atoms with van der Waals surface area (Å²) < 4.78 is 2.17. The van der Waals surface area contributed by atoms with Crippen molar-refractivity contribution in [2.45, 2.75) is 25.9 Å². The lowest BCUT2D eigenvalue weighted by Crippen LogP contribution is -2.36. The summed E-state index contributed by atoms with van der Waals surface area (Å²) >= 11 is 0. The van der Waals surface area contributed by atoms with Gasteiger partial charge in [0.15, 0.2) is 0 Å². The zero-order valence-corrected chi connectivity index (χ0v) is 13.7. The quantitative estimate of drug-likeness (QED) is 0.802. The van der Waals surface area contributed by atoms with E-state index < -0.39 is 0 Å². The fourth-order valence-electron chi connectivity index (χ4n) is 3.63. The van der Waals surface area contributed by atoms with Crippen molar-refractivity contribution in [3.8, 4) is 5.75 Å². The molecule has 0 amide bonds. The first-order chi connectivity index (χ1) is 11.8. The lowest BCUT2D eigenvalue weighted by molar-refractivity contribution is 0.154. The molecule has 0 aliphatic carbocycles. The van der Waals surface area contributed by atoms with Gasteiger partial charge in [0.25, 0.3) is 0 Å². The maximum Gasteiger partial charge on any atom is 0.141 e. The van der Waals surface area contributed by atoms with Crippen LogP contribution in [0.2, 0.25) is 0 Å². The van der Waals surface area contributed by atoms with Gasteiger partial charge in [-0.1, -0.05) is 18.2 Å².